The molecular weight excluding hydrogens is 1200 g/mol. The van der Waals surface area contributed by atoms with Gasteiger partial charge in [0.1, 0.15) is 41.3 Å². The average molecular weight is 1260 g/mol. The summed E-state index contributed by atoms with van der Waals surface area (Å²) in [5, 5.41) is 52.7. The van der Waals surface area contributed by atoms with E-state index in [2.05, 4.69) is 9.82 Å². The predicted molar refractivity (Wildman–Crippen MR) is 300 cm³/mol. The van der Waals surface area contributed by atoms with Crippen LogP contribution in [0.1, 0.15) is 77.5 Å². The number of carbonyl (C=O) groups excluding carboxylic acids is 4. The van der Waals surface area contributed by atoms with E-state index in [4.69, 9.17) is 70.5 Å². The highest BCUT2D eigenvalue weighted by atomic mass is 35.5. The van der Waals surface area contributed by atoms with Crippen LogP contribution in [-0.4, -0.2) is 142 Å². The number of hydrogen-bond acceptors (Lipinski definition) is 23. The van der Waals surface area contributed by atoms with Crippen LogP contribution < -0.4 is 23.7 Å². The van der Waals surface area contributed by atoms with Crippen molar-refractivity contribution in [3.63, 3.8) is 0 Å². The number of piperidine rings is 1. The zero-order valence-corrected chi connectivity index (χ0v) is 48.8. The van der Waals surface area contributed by atoms with E-state index in [-0.39, 0.29) is 107 Å². The van der Waals surface area contributed by atoms with Crippen LogP contribution in [0.5, 0.6) is 28.9 Å². The molecule has 2 saturated heterocycles. The Morgan fingerprint density at radius 3 is 1.83 bits per heavy atom. The van der Waals surface area contributed by atoms with Gasteiger partial charge in [0, 0.05) is 43.4 Å². The first-order valence-electron chi connectivity index (χ1n) is 28.0. The Bertz CT molecular complexity index is 3440. The monoisotopic (exact) mass is 1260 g/mol. The Labute approximate surface area is 512 Å². The van der Waals surface area contributed by atoms with Crippen molar-refractivity contribution in [1.29, 1.82) is 0 Å². The number of likely N-dealkylation sites (tertiary alicyclic amines) is 1. The van der Waals surface area contributed by atoms with Gasteiger partial charge >= 0.3 is 18.3 Å². The molecule has 3 heterocycles. The molecule has 6 aromatic rings. The molecule has 6 N–H and O–H groups in total. The van der Waals surface area contributed by atoms with Gasteiger partial charge in [0.25, 0.3) is 0 Å². The molecule has 3 aliphatic rings. The van der Waals surface area contributed by atoms with Crippen molar-refractivity contribution in [3.05, 3.63) is 177 Å². The van der Waals surface area contributed by atoms with Gasteiger partial charge in [-0.1, -0.05) is 72.3 Å². The molecule has 0 radical (unpaired) electrons. The molecule has 29 heteroatoms. The van der Waals surface area contributed by atoms with E-state index < -0.39 is 74.6 Å². The summed E-state index contributed by atoms with van der Waals surface area (Å²) in [6, 6.07) is 27.5. The molecule has 2 aliphatic heterocycles. The number of rotatable bonds is 26. The number of aryl methyl sites for hydroxylation is 1. The van der Waals surface area contributed by atoms with Gasteiger partial charge < -0.3 is 38.2 Å². The van der Waals surface area contributed by atoms with Crippen molar-refractivity contribution < 1.29 is 102 Å². The van der Waals surface area contributed by atoms with E-state index in [1.54, 1.807) is 61.2 Å². The Hall–Kier alpha value is -8.20. The first-order valence-corrected chi connectivity index (χ1v) is 28.4. The van der Waals surface area contributed by atoms with E-state index in [0.29, 0.717) is 53.5 Å². The van der Waals surface area contributed by atoms with Gasteiger partial charge in [0.05, 0.1) is 60.1 Å². The maximum absolute atomic E-state index is 16.4. The van der Waals surface area contributed by atoms with E-state index in [0.717, 1.165) is 23.3 Å². The minimum absolute atomic E-state index is 0.0141. The first kappa shape index (κ1) is 65.3. The molecule has 1 saturated carbocycles. The molecule has 0 spiro atoms. The lowest BCUT2D eigenvalue weighted by atomic mass is 9.60. The lowest BCUT2D eigenvalue weighted by molar-refractivity contribution is -0.497. The number of piperazine rings is 1. The SMILES string of the molecule is Cc1c(CN(C(=O)C2(C)C(c3ccc(CCCOc4c(F)ccc(F)c4Cl)cc3)CC3CN(C(=O)Oc4cccc(CON(O)O)c4)CC2N3C(=O)Oc2cccc(CON(O)O)c2)C2CC2)ccnc1OCCOC(=O)Oc1cccc(CON(O)O)c1. The average Bonchev–Trinajstić information content (AvgIpc) is 1.12. The van der Waals surface area contributed by atoms with Crippen LogP contribution in [0, 0.1) is 24.0 Å². The van der Waals surface area contributed by atoms with Crippen LogP contribution in [0.15, 0.2) is 121 Å². The highest BCUT2D eigenvalue weighted by molar-refractivity contribution is 6.32. The van der Waals surface area contributed by atoms with E-state index in [1.165, 1.54) is 52.4 Å². The normalized spacial score (nSPS) is 18.0. The maximum atomic E-state index is 16.4. The number of amides is 3. The van der Waals surface area contributed by atoms with Gasteiger partial charge in [0.2, 0.25) is 11.8 Å². The molecule has 474 valence electrons. The zero-order chi connectivity index (χ0) is 63.4. The summed E-state index contributed by atoms with van der Waals surface area (Å²) in [4.78, 5) is 81.9. The molecule has 4 unspecified atom stereocenters. The summed E-state index contributed by atoms with van der Waals surface area (Å²) < 4.78 is 62.8. The Kier molecular flexibility index (Phi) is 21.9. The Morgan fingerprint density at radius 2 is 1.25 bits per heavy atom. The standard InChI is InChI=1S/C60H64ClF2N7O19/c1-37-43(22-23-64-55(37)82-25-26-83-59(74)89-48-13-5-9-41(29-48)36-86-70(79)80)31-66(44-18-19-44)56(71)60(2)49(42-16-14-38(15-17-42)10-6-24-81-54-51(63)21-20-50(62)53(54)61)30-45-32-65(57(72)87-46-11-3-7-39(27-46)34-84-68(75)76)33-52(60)67(45)58(73)88-47-12-4-8-40(28-47)35-85-69(77)78/h3-5,7-9,11-17,20-23,27-29,44-45,49,52,75-80H,6,10,18-19,24-26,30-36H2,1-2H3. The van der Waals surface area contributed by atoms with Crippen molar-refractivity contribution in [2.75, 3.05) is 32.9 Å². The Morgan fingerprint density at radius 1 is 0.674 bits per heavy atom. The zero-order valence-electron chi connectivity index (χ0n) is 48.0. The lowest BCUT2D eigenvalue weighted by Gasteiger charge is -2.59. The number of halogens is 3. The number of aromatic nitrogens is 1. The van der Waals surface area contributed by atoms with Crippen molar-refractivity contribution in [2.45, 2.75) is 96.4 Å². The van der Waals surface area contributed by atoms with Gasteiger partial charge in [-0.2, -0.15) is 0 Å². The van der Waals surface area contributed by atoms with Crippen molar-refractivity contribution >= 4 is 35.8 Å². The predicted octanol–water partition coefficient (Wildman–Crippen LogP) is 9.90. The molecule has 9 rings (SSSR count). The molecule has 5 aromatic carbocycles. The van der Waals surface area contributed by atoms with Crippen LogP contribution >= 0.6 is 11.6 Å². The molecule has 1 aliphatic carbocycles. The summed E-state index contributed by atoms with van der Waals surface area (Å²) in [5.74, 6) is -2.54. The van der Waals surface area contributed by atoms with Crippen LogP contribution in [0.25, 0.3) is 0 Å². The molecule has 4 atom stereocenters. The van der Waals surface area contributed by atoms with E-state index in [9.17, 15) is 28.8 Å². The van der Waals surface area contributed by atoms with Gasteiger partial charge in [-0.25, -0.2) is 42.7 Å². The van der Waals surface area contributed by atoms with Crippen molar-refractivity contribution in [3.8, 4) is 28.9 Å². The molecule has 1 aromatic heterocycles. The third kappa shape index (κ3) is 17.0. The fourth-order valence-corrected chi connectivity index (χ4v) is 11.1. The number of carbonyl (C=O) groups is 4. The molecule has 26 nitrogen and oxygen atoms in total. The summed E-state index contributed by atoms with van der Waals surface area (Å²) >= 11 is 5.99. The second kappa shape index (κ2) is 29.9. The third-order valence-electron chi connectivity index (χ3n) is 15.4. The minimum atomic E-state index is -1.57. The summed E-state index contributed by atoms with van der Waals surface area (Å²) in [6.07, 6.45) is 1.08. The molecule has 89 heavy (non-hydrogen) atoms. The quantitative estimate of drug-likeness (QED) is 0.00967. The largest absolute Gasteiger partial charge is 0.513 e. The highest BCUT2D eigenvalue weighted by Crippen LogP contribution is 2.53. The number of pyridine rings is 1. The molecule has 3 amide bonds. The second-order valence-electron chi connectivity index (χ2n) is 21.3. The van der Waals surface area contributed by atoms with Gasteiger partial charge in [0.15, 0.2) is 11.6 Å². The van der Waals surface area contributed by atoms with Crippen LogP contribution in [-0.2, 0) is 56.8 Å². The third-order valence-corrected chi connectivity index (χ3v) is 15.7. The number of hydrogen-bond donors (Lipinski definition) is 6. The van der Waals surface area contributed by atoms with E-state index in [1.807, 2.05) is 24.3 Å². The minimum Gasteiger partial charge on any atom is -0.489 e. The van der Waals surface area contributed by atoms with Crippen LogP contribution in [0.4, 0.5) is 23.2 Å². The molecule has 2 bridgehead atoms. The summed E-state index contributed by atoms with van der Waals surface area (Å²) in [7, 11) is 0. The van der Waals surface area contributed by atoms with Crippen molar-refractivity contribution in [2.24, 2.45) is 5.41 Å². The first-order chi connectivity index (χ1) is 42.7. The lowest BCUT2D eigenvalue weighted by Crippen LogP contribution is -2.73. The summed E-state index contributed by atoms with van der Waals surface area (Å²) in [5.41, 5.74) is 2.54. The van der Waals surface area contributed by atoms with Crippen LogP contribution in [0.3, 0.4) is 0 Å². The van der Waals surface area contributed by atoms with Crippen molar-refractivity contribution in [1.82, 2.24) is 35.9 Å². The molecular formula is C60H64ClF2N7O19. The maximum Gasteiger partial charge on any atom is 0.513 e. The summed E-state index contributed by atoms with van der Waals surface area (Å²) in [6.45, 7) is 2.06. The molecule has 3 fully saturated rings. The Balaban J connectivity index is 1.00. The van der Waals surface area contributed by atoms with E-state index >= 15 is 9.59 Å². The second-order valence-corrected chi connectivity index (χ2v) is 21.7. The number of nitrogens with zero attached hydrogens (tertiary/aromatic N) is 7. The van der Waals surface area contributed by atoms with Gasteiger partial charge in [-0.05, 0) is 134 Å². The fraction of sp³-hybridized carbons (Fsp3) is 0.350. The fourth-order valence-electron chi connectivity index (χ4n) is 10.9. The van der Waals surface area contributed by atoms with Crippen LogP contribution in [0.2, 0.25) is 5.02 Å². The highest BCUT2D eigenvalue weighted by Gasteiger charge is 2.62. The number of benzene rings is 5. The topological polar surface area (TPSA) is 305 Å². The number of fused-ring (bicyclic) bond motifs is 2. The number of ether oxygens (including phenoxy) is 6. The van der Waals surface area contributed by atoms with Gasteiger partial charge in [-0.3, -0.25) is 40.9 Å². The van der Waals surface area contributed by atoms with Gasteiger partial charge in [-0.15, -0.1) is 0 Å². The smallest absolute Gasteiger partial charge is 0.489 e.